The van der Waals surface area contributed by atoms with Crippen LogP contribution in [-0.4, -0.2) is 100 Å². The first-order chi connectivity index (χ1) is 29.7. The Bertz CT molecular complexity index is 1990. The molecule has 0 radical (unpaired) electrons. The molecule has 18 nitrogen and oxygen atoms in total. The second kappa shape index (κ2) is 23.8. The van der Waals surface area contributed by atoms with Gasteiger partial charge in [-0.15, -0.1) is 0 Å². The predicted molar refractivity (Wildman–Crippen MR) is 223 cm³/mol. The molecule has 8 N–H and O–H groups in total. The van der Waals surface area contributed by atoms with E-state index in [1.165, 1.54) is 19.1 Å². The Morgan fingerprint density at radius 3 is 1.83 bits per heavy atom. The standard InChI is InChI=1S/C43H57F3N6O12/c1-24(2)19-30(35(58)47-27(22-53)21-43(44,45)46)49-38(61)34(41(4,5)6)51-39(62)42(7,28-16-12-11-13-25(28)3)52-37(60)29(17-18-32(54)55)48-36(59)31(20-33(56)57)50-40(63)64-23-26-14-9-8-10-15-26/h8-16,22,24,27,29-31,34H,17-21,23H2,1-7H3,(H,47,58)(H,48,59)(H,49,61)(H,50,63)(H,51,62)(H,52,60)(H,54,55)(H,56,57)/t27?,29-,30-,31-,34+,42?/m0/s1. The third-order valence-corrected chi connectivity index (χ3v) is 9.68. The fraction of sp³-hybridized carbons (Fsp3) is 0.512. The highest BCUT2D eigenvalue weighted by atomic mass is 19.4. The maximum absolute atomic E-state index is 14.6. The third kappa shape index (κ3) is 17.7. The minimum atomic E-state index is -4.79. The highest BCUT2D eigenvalue weighted by molar-refractivity contribution is 5.99. The lowest BCUT2D eigenvalue weighted by Gasteiger charge is -2.37. The molecule has 0 aliphatic carbocycles. The highest BCUT2D eigenvalue weighted by Gasteiger charge is 2.44. The minimum Gasteiger partial charge on any atom is -0.481 e. The summed E-state index contributed by atoms with van der Waals surface area (Å²) in [5, 5.41) is 33.1. The van der Waals surface area contributed by atoms with Crippen LogP contribution in [0.15, 0.2) is 54.6 Å². The lowest BCUT2D eigenvalue weighted by Crippen LogP contribution is -2.64. The number of carboxylic acids is 2. The number of halogens is 3. The van der Waals surface area contributed by atoms with Gasteiger partial charge in [-0.2, -0.15) is 13.2 Å². The van der Waals surface area contributed by atoms with Crippen molar-refractivity contribution < 1.29 is 71.3 Å². The van der Waals surface area contributed by atoms with Crippen LogP contribution in [-0.2, 0) is 55.2 Å². The van der Waals surface area contributed by atoms with Gasteiger partial charge in [0.05, 0.1) is 18.9 Å². The molecule has 21 heteroatoms. The SMILES string of the molecule is Cc1ccccc1C(C)(NC(=O)[C@H](CCC(=O)O)NC(=O)[C@H](CC(=O)O)NC(=O)OCc1ccccc1)C(=O)N[C@H](C(=O)N[C@@H](CC(C)C)C(=O)NC(C=O)CC(F)(F)F)C(C)(C)C. The number of benzene rings is 2. The molecular weight excluding hydrogens is 849 g/mol. The van der Waals surface area contributed by atoms with Gasteiger partial charge in [-0.05, 0) is 54.7 Å². The molecule has 0 aliphatic rings. The molecule has 2 aromatic rings. The molecule has 0 aromatic heterocycles. The molecule has 352 valence electrons. The molecule has 0 aliphatic heterocycles. The lowest BCUT2D eigenvalue weighted by molar-refractivity contribution is -0.147. The number of carbonyl (C=O) groups is 9. The summed E-state index contributed by atoms with van der Waals surface area (Å²) in [4.78, 5) is 117. The Hall–Kier alpha value is -6.54. The van der Waals surface area contributed by atoms with Gasteiger partial charge in [-0.1, -0.05) is 89.2 Å². The number of alkyl halides is 3. The lowest BCUT2D eigenvalue weighted by atomic mass is 9.83. The number of alkyl carbamates (subject to hydrolysis) is 1. The van der Waals surface area contributed by atoms with E-state index < -0.39 is 121 Å². The molecule has 0 fully saturated rings. The number of aliphatic carboxylic acids is 2. The van der Waals surface area contributed by atoms with Crippen molar-refractivity contribution in [3.8, 4) is 0 Å². The average Bonchev–Trinajstić information content (AvgIpc) is 3.18. The molecule has 0 bridgehead atoms. The Morgan fingerprint density at radius 2 is 1.30 bits per heavy atom. The van der Waals surface area contributed by atoms with Crippen molar-refractivity contribution in [1.29, 1.82) is 0 Å². The van der Waals surface area contributed by atoms with Crippen molar-refractivity contribution in [1.82, 2.24) is 31.9 Å². The van der Waals surface area contributed by atoms with E-state index in [2.05, 4.69) is 26.6 Å². The molecular formula is C43H57F3N6O12. The number of nitrogens with one attached hydrogen (secondary N) is 6. The maximum atomic E-state index is 14.6. The van der Waals surface area contributed by atoms with Gasteiger partial charge in [0.25, 0.3) is 5.91 Å². The highest BCUT2D eigenvalue weighted by Crippen LogP contribution is 2.28. The van der Waals surface area contributed by atoms with E-state index >= 15 is 0 Å². The summed E-state index contributed by atoms with van der Waals surface area (Å²) < 4.78 is 44.3. The first-order valence-corrected chi connectivity index (χ1v) is 20.2. The fourth-order valence-corrected chi connectivity index (χ4v) is 6.39. The Morgan fingerprint density at radius 1 is 0.719 bits per heavy atom. The molecule has 0 saturated heterocycles. The van der Waals surface area contributed by atoms with Gasteiger partial charge in [0.1, 0.15) is 42.6 Å². The molecule has 0 heterocycles. The van der Waals surface area contributed by atoms with Gasteiger partial charge in [-0.25, -0.2) is 4.79 Å². The first-order valence-electron chi connectivity index (χ1n) is 20.2. The second-order valence-electron chi connectivity index (χ2n) is 16.8. The Labute approximate surface area is 368 Å². The van der Waals surface area contributed by atoms with Crippen LogP contribution < -0.4 is 31.9 Å². The topological polar surface area (TPSA) is 275 Å². The number of hydrogen-bond acceptors (Lipinski definition) is 10. The molecule has 0 spiro atoms. The fourth-order valence-electron chi connectivity index (χ4n) is 6.39. The minimum absolute atomic E-state index is 0.0777. The van der Waals surface area contributed by atoms with Crippen molar-refractivity contribution in [2.75, 3.05) is 0 Å². The summed E-state index contributed by atoms with van der Waals surface area (Å²) in [7, 11) is 0. The number of aldehydes is 1. The van der Waals surface area contributed by atoms with E-state index in [1.807, 2.05) is 5.32 Å². The van der Waals surface area contributed by atoms with Gasteiger partial charge in [0.15, 0.2) is 0 Å². The van der Waals surface area contributed by atoms with Crippen LogP contribution in [0.2, 0.25) is 0 Å². The largest absolute Gasteiger partial charge is 0.481 e. The number of rotatable bonds is 23. The predicted octanol–water partition coefficient (Wildman–Crippen LogP) is 3.14. The number of amides is 6. The number of carboxylic acid groups (broad SMARTS) is 2. The third-order valence-electron chi connectivity index (χ3n) is 9.68. The zero-order chi connectivity index (χ0) is 48.6. The summed E-state index contributed by atoms with van der Waals surface area (Å²) in [5.74, 6) is -8.62. The second-order valence-corrected chi connectivity index (χ2v) is 16.8. The van der Waals surface area contributed by atoms with E-state index in [-0.39, 0.29) is 30.8 Å². The first kappa shape index (κ1) is 53.6. The maximum Gasteiger partial charge on any atom is 0.408 e. The van der Waals surface area contributed by atoms with Crippen LogP contribution in [0.5, 0.6) is 0 Å². The quantitative estimate of drug-likeness (QED) is 0.0748. The van der Waals surface area contributed by atoms with E-state index in [4.69, 9.17) is 4.74 Å². The zero-order valence-corrected chi connectivity index (χ0v) is 36.6. The monoisotopic (exact) mass is 906 g/mol. The summed E-state index contributed by atoms with van der Waals surface area (Å²) in [6.07, 6.45) is -10.1. The van der Waals surface area contributed by atoms with Gasteiger partial charge in [-0.3, -0.25) is 33.6 Å². The molecule has 64 heavy (non-hydrogen) atoms. The van der Waals surface area contributed by atoms with Gasteiger partial charge >= 0.3 is 24.2 Å². The van der Waals surface area contributed by atoms with Gasteiger partial charge in [0.2, 0.25) is 23.6 Å². The normalized spacial score (nSPS) is 14.8. The van der Waals surface area contributed by atoms with E-state index in [9.17, 15) is 66.5 Å². The Kier molecular flexibility index (Phi) is 19.9. The van der Waals surface area contributed by atoms with E-state index in [0.29, 0.717) is 11.1 Å². The molecule has 0 saturated carbocycles. The average molecular weight is 907 g/mol. The molecule has 2 unspecified atom stereocenters. The summed E-state index contributed by atoms with van der Waals surface area (Å²) >= 11 is 0. The summed E-state index contributed by atoms with van der Waals surface area (Å²) in [5.41, 5.74) is -2.08. The van der Waals surface area contributed by atoms with Crippen LogP contribution in [0.1, 0.15) is 90.3 Å². The van der Waals surface area contributed by atoms with Crippen molar-refractivity contribution >= 4 is 53.9 Å². The number of hydrogen-bond donors (Lipinski definition) is 8. The number of aryl methyl sites for hydroxylation is 1. The van der Waals surface area contributed by atoms with Crippen LogP contribution in [0, 0.1) is 18.3 Å². The van der Waals surface area contributed by atoms with Gasteiger partial charge < -0.3 is 51.6 Å². The van der Waals surface area contributed by atoms with Crippen LogP contribution >= 0.6 is 0 Å². The molecule has 2 rings (SSSR count). The summed E-state index contributed by atoms with van der Waals surface area (Å²) in [6, 6.07) is 6.13. The van der Waals surface area contributed by atoms with E-state index in [1.54, 1.807) is 84.0 Å². The smallest absolute Gasteiger partial charge is 0.408 e. The van der Waals surface area contributed by atoms with Crippen molar-refractivity contribution in [2.24, 2.45) is 11.3 Å². The molecule has 6 amide bonds. The van der Waals surface area contributed by atoms with Crippen molar-refractivity contribution in [3.05, 3.63) is 71.3 Å². The molecule has 6 atom stereocenters. The summed E-state index contributed by atoms with van der Waals surface area (Å²) in [6.45, 7) is 10.6. The number of carbonyl (C=O) groups excluding carboxylic acids is 7. The Balaban J connectivity index is 2.50. The van der Waals surface area contributed by atoms with Crippen LogP contribution in [0.3, 0.4) is 0 Å². The molecule has 2 aromatic carbocycles. The van der Waals surface area contributed by atoms with Crippen molar-refractivity contribution in [2.45, 2.75) is 129 Å². The van der Waals surface area contributed by atoms with Crippen molar-refractivity contribution in [3.63, 3.8) is 0 Å². The van der Waals surface area contributed by atoms with Gasteiger partial charge in [0, 0.05) is 6.42 Å². The van der Waals surface area contributed by atoms with Crippen LogP contribution in [0.25, 0.3) is 0 Å². The zero-order valence-electron chi connectivity index (χ0n) is 36.6. The van der Waals surface area contributed by atoms with E-state index in [0.717, 1.165) is 0 Å². The van der Waals surface area contributed by atoms with Crippen LogP contribution in [0.4, 0.5) is 18.0 Å². The number of ether oxygens (including phenoxy) is 1.